The zero-order valence-electron chi connectivity index (χ0n) is 12.7. The number of carbonyl (C=O) groups is 1. The van der Waals surface area contributed by atoms with Crippen molar-refractivity contribution in [2.75, 3.05) is 26.2 Å². The second-order valence-corrected chi connectivity index (χ2v) is 6.33. The van der Waals surface area contributed by atoms with Crippen LogP contribution < -0.4 is 0 Å². The Morgan fingerprint density at radius 1 is 1.06 bits per heavy atom. The number of hydrogen-bond donors (Lipinski definition) is 0. The van der Waals surface area contributed by atoms with Crippen LogP contribution in [0.1, 0.15) is 41.5 Å². The molecular weight excluding hydrogens is 228 g/mol. The molecule has 4 heteroatoms. The third-order valence-electron chi connectivity index (χ3n) is 3.23. The van der Waals surface area contributed by atoms with Crippen LogP contribution in [-0.4, -0.2) is 59.6 Å². The molecule has 0 radical (unpaired) electrons. The predicted octanol–water partition coefficient (Wildman–Crippen LogP) is 1.74. The van der Waals surface area contributed by atoms with Crippen molar-refractivity contribution in [3.63, 3.8) is 0 Å². The molecule has 1 rings (SSSR count). The number of hydrogen-bond acceptors (Lipinski definition) is 3. The first-order valence-electron chi connectivity index (χ1n) is 6.91. The molecule has 1 aliphatic heterocycles. The molecule has 0 spiro atoms. The van der Waals surface area contributed by atoms with Gasteiger partial charge in [0.2, 0.25) is 0 Å². The lowest BCUT2D eigenvalue weighted by atomic mass is 10.1. The van der Waals surface area contributed by atoms with Crippen LogP contribution in [0.2, 0.25) is 0 Å². The molecule has 1 saturated heterocycles. The van der Waals surface area contributed by atoms with Crippen molar-refractivity contribution in [3.8, 4) is 0 Å². The minimum absolute atomic E-state index is 0.119. The molecule has 1 aliphatic rings. The number of carbonyl (C=O) groups excluding carboxylic acids is 1. The van der Waals surface area contributed by atoms with Gasteiger partial charge in [0.25, 0.3) is 5.91 Å². The van der Waals surface area contributed by atoms with E-state index in [1.54, 1.807) is 0 Å². The highest BCUT2D eigenvalue weighted by atomic mass is 16.5. The lowest BCUT2D eigenvalue weighted by molar-refractivity contribution is -0.153. The highest BCUT2D eigenvalue weighted by molar-refractivity contribution is 5.80. The van der Waals surface area contributed by atoms with E-state index < -0.39 is 0 Å². The third-order valence-corrected chi connectivity index (χ3v) is 3.23. The molecule has 0 bridgehead atoms. The Labute approximate surface area is 111 Å². The second kappa shape index (κ2) is 6.02. The number of nitrogens with zero attached hydrogens (tertiary/aromatic N) is 2. The summed E-state index contributed by atoms with van der Waals surface area (Å²) in [4.78, 5) is 16.6. The Balaban J connectivity index is 2.45. The minimum atomic E-state index is -0.351. The number of amides is 1. The van der Waals surface area contributed by atoms with Crippen molar-refractivity contribution in [1.29, 1.82) is 0 Å². The van der Waals surface area contributed by atoms with Crippen LogP contribution in [0, 0.1) is 0 Å². The van der Waals surface area contributed by atoms with Crippen molar-refractivity contribution < 1.29 is 9.53 Å². The van der Waals surface area contributed by atoms with E-state index in [1.807, 2.05) is 32.6 Å². The second-order valence-electron chi connectivity index (χ2n) is 6.33. The van der Waals surface area contributed by atoms with E-state index in [1.165, 1.54) is 0 Å². The van der Waals surface area contributed by atoms with E-state index in [0.29, 0.717) is 6.04 Å². The molecular formula is C14H28N2O2. The molecule has 18 heavy (non-hydrogen) atoms. The smallest absolute Gasteiger partial charge is 0.251 e. The summed E-state index contributed by atoms with van der Waals surface area (Å²) in [6.07, 6.45) is -0.351. The Bertz CT molecular complexity index is 276. The van der Waals surface area contributed by atoms with Gasteiger partial charge in [-0.15, -0.1) is 0 Å². The van der Waals surface area contributed by atoms with Gasteiger partial charge in [0, 0.05) is 32.2 Å². The summed E-state index contributed by atoms with van der Waals surface area (Å²) in [6, 6.07) is 0.561. The lowest BCUT2D eigenvalue weighted by Crippen LogP contribution is -2.53. The van der Waals surface area contributed by atoms with E-state index in [9.17, 15) is 4.79 Å². The molecule has 0 saturated carbocycles. The quantitative estimate of drug-likeness (QED) is 0.771. The number of rotatable bonds is 3. The van der Waals surface area contributed by atoms with Gasteiger partial charge in [-0.1, -0.05) is 0 Å². The minimum Gasteiger partial charge on any atom is -0.363 e. The Morgan fingerprint density at radius 3 is 1.94 bits per heavy atom. The Morgan fingerprint density at radius 2 is 1.56 bits per heavy atom. The van der Waals surface area contributed by atoms with Crippen LogP contribution in [0.5, 0.6) is 0 Å². The van der Waals surface area contributed by atoms with Gasteiger partial charge in [-0.2, -0.15) is 0 Å². The molecule has 1 fully saturated rings. The van der Waals surface area contributed by atoms with Crippen molar-refractivity contribution in [2.24, 2.45) is 0 Å². The van der Waals surface area contributed by atoms with Crippen molar-refractivity contribution in [2.45, 2.75) is 59.3 Å². The van der Waals surface area contributed by atoms with E-state index in [4.69, 9.17) is 4.74 Å². The molecule has 106 valence electrons. The Hall–Kier alpha value is -0.610. The molecule has 1 unspecified atom stereocenters. The van der Waals surface area contributed by atoms with Gasteiger partial charge in [-0.25, -0.2) is 0 Å². The molecule has 4 nitrogen and oxygen atoms in total. The topological polar surface area (TPSA) is 32.8 Å². The average molecular weight is 256 g/mol. The molecule has 0 aromatic heterocycles. The largest absolute Gasteiger partial charge is 0.363 e. The molecule has 1 amide bonds. The molecule has 0 aromatic rings. The maximum atomic E-state index is 12.2. The Kier molecular flexibility index (Phi) is 5.17. The standard InChI is InChI=1S/C14H28N2O2/c1-11(2)15-7-9-16(10-8-15)13(17)12(3)18-14(4,5)6/h11-12H,7-10H2,1-6H3. The summed E-state index contributed by atoms with van der Waals surface area (Å²) >= 11 is 0. The summed E-state index contributed by atoms with van der Waals surface area (Å²) < 4.78 is 5.72. The first-order chi connectivity index (χ1) is 8.20. The molecule has 0 N–H and O–H groups in total. The fraction of sp³-hybridized carbons (Fsp3) is 0.929. The van der Waals surface area contributed by atoms with E-state index in [0.717, 1.165) is 26.2 Å². The van der Waals surface area contributed by atoms with Crippen molar-refractivity contribution in [3.05, 3.63) is 0 Å². The summed E-state index contributed by atoms with van der Waals surface area (Å²) in [7, 11) is 0. The number of ether oxygens (including phenoxy) is 1. The summed E-state index contributed by atoms with van der Waals surface area (Å²) in [5.74, 6) is 0.119. The van der Waals surface area contributed by atoms with Gasteiger partial charge in [0.1, 0.15) is 6.10 Å². The van der Waals surface area contributed by atoms with Crippen molar-refractivity contribution in [1.82, 2.24) is 9.80 Å². The molecule has 0 aliphatic carbocycles. The third kappa shape index (κ3) is 4.58. The van der Waals surface area contributed by atoms with Crippen LogP contribution in [0.25, 0.3) is 0 Å². The molecule has 1 atom stereocenters. The van der Waals surface area contributed by atoms with Crippen LogP contribution in [-0.2, 0) is 9.53 Å². The maximum absolute atomic E-state index is 12.2. The fourth-order valence-electron chi connectivity index (χ4n) is 2.30. The SMILES string of the molecule is CC(OC(C)(C)C)C(=O)N1CCN(C(C)C)CC1. The van der Waals surface area contributed by atoms with Gasteiger partial charge < -0.3 is 9.64 Å². The summed E-state index contributed by atoms with van der Waals surface area (Å²) in [5.41, 5.74) is -0.269. The van der Waals surface area contributed by atoms with Gasteiger partial charge in [-0.05, 0) is 41.5 Å². The highest BCUT2D eigenvalue weighted by Gasteiger charge is 2.28. The lowest BCUT2D eigenvalue weighted by Gasteiger charge is -2.38. The van der Waals surface area contributed by atoms with Gasteiger partial charge in [0.15, 0.2) is 0 Å². The number of piperazine rings is 1. The van der Waals surface area contributed by atoms with E-state index in [2.05, 4.69) is 18.7 Å². The highest BCUT2D eigenvalue weighted by Crippen LogP contribution is 2.14. The van der Waals surface area contributed by atoms with E-state index >= 15 is 0 Å². The van der Waals surface area contributed by atoms with E-state index in [-0.39, 0.29) is 17.6 Å². The monoisotopic (exact) mass is 256 g/mol. The molecule has 0 aromatic carbocycles. The zero-order valence-corrected chi connectivity index (χ0v) is 12.7. The first kappa shape index (κ1) is 15.4. The normalized spacial score (nSPS) is 20.3. The first-order valence-corrected chi connectivity index (χ1v) is 6.91. The van der Waals surface area contributed by atoms with Crippen LogP contribution in [0.4, 0.5) is 0 Å². The average Bonchev–Trinajstić information content (AvgIpc) is 2.26. The van der Waals surface area contributed by atoms with Gasteiger partial charge in [-0.3, -0.25) is 9.69 Å². The van der Waals surface area contributed by atoms with Gasteiger partial charge >= 0.3 is 0 Å². The van der Waals surface area contributed by atoms with Crippen LogP contribution in [0.3, 0.4) is 0 Å². The summed E-state index contributed by atoms with van der Waals surface area (Å²) in [6.45, 7) is 15.7. The van der Waals surface area contributed by atoms with Crippen LogP contribution >= 0.6 is 0 Å². The van der Waals surface area contributed by atoms with Crippen molar-refractivity contribution >= 4 is 5.91 Å². The van der Waals surface area contributed by atoms with Gasteiger partial charge in [0.05, 0.1) is 5.60 Å². The predicted molar refractivity (Wildman–Crippen MR) is 73.6 cm³/mol. The van der Waals surface area contributed by atoms with Crippen LogP contribution in [0.15, 0.2) is 0 Å². The molecule has 1 heterocycles. The fourth-order valence-corrected chi connectivity index (χ4v) is 2.30. The maximum Gasteiger partial charge on any atom is 0.251 e. The summed E-state index contributed by atoms with van der Waals surface area (Å²) in [5, 5.41) is 0. The zero-order chi connectivity index (χ0) is 13.9.